The second kappa shape index (κ2) is 5.83. The molecule has 1 aromatic rings. The minimum Gasteiger partial charge on any atom is -0.369 e. The van der Waals surface area contributed by atoms with E-state index >= 15 is 0 Å². The van der Waals surface area contributed by atoms with Crippen molar-refractivity contribution in [3.05, 3.63) is 22.3 Å². The van der Waals surface area contributed by atoms with Gasteiger partial charge in [0.15, 0.2) is 0 Å². The summed E-state index contributed by atoms with van der Waals surface area (Å²) in [5.74, 6) is 0.884. The lowest BCUT2D eigenvalue weighted by molar-refractivity contribution is 0.344. The monoisotopic (exact) mass is 299 g/mol. The Morgan fingerprint density at radius 2 is 2.12 bits per heavy atom. The zero-order valence-corrected chi connectivity index (χ0v) is 12.6. The van der Waals surface area contributed by atoms with Crippen LogP contribution in [0.4, 0.5) is 5.82 Å². The lowest BCUT2D eigenvalue weighted by atomic mass is 9.88. The van der Waals surface area contributed by atoms with Gasteiger partial charge < -0.3 is 11.1 Å². The number of hydrogen-bond acceptors (Lipinski definition) is 3. The van der Waals surface area contributed by atoms with Crippen molar-refractivity contribution in [2.24, 2.45) is 11.1 Å². The zero-order valence-electron chi connectivity index (χ0n) is 11.0. The predicted octanol–water partition coefficient (Wildman–Crippen LogP) is 3.33. The van der Waals surface area contributed by atoms with Gasteiger partial charge >= 0.3 is 0 Å². The molecule has 0 aliphatic heterocycles. The molecule has 0 radical (unpaired) electrons. The van der Waals surface area contributed by atoms with Crippen LogP contribution in [0.3, 0.4) is 0 Å². The summed E-state index contributed by atoms with van der Waals surface area (Å²) in [5, 5.41) is 3.28. The Bertz CT molecular complexity index is 371. The summed E-state index contributed by atoms with van der Waals surface area (Å²) in [5.41, 5.74) is 7.52. The van der Waals surface area contributed by atoms with E-state index in [-0.39, 0.29) is 11.5 Å². The molecule has 0 bridgehead atoms. The van der Waals surface area contributed by atoms with E-state index in [4.69, 9.17) is 5.73 Å². The number of nitrogens with zero attached hydrogens (tertiary/aromatic N) is 1. The quantitative estimate of drug-likeness (QED) is 0.896. The fourth-order valence-corrected chi connectivity index (χ4v) is 1.95. The molecule has 0 spiro atoms. The Balaban J connectivity index is 2.47. The van der Waals surface area contributed by atoms with Gasteiger partial charge in [0.05, 0.1) is 0 Å². The Kier molecular flexibility index (Phi) is 4.95. The van der Waals surface area contributed by atoms with Crippen LogP contribution in [0.15, 0.2) is 16.7 Å². The normalized spacial score (nSPS) is 13.5. The molecule has 3 nitrogen and oxygen atoms in total. The fraction of sp³-hybridized carbons (Fsp3) is 0.615. The predicted molar refractivity (Wildman–Crippen MR) is 77.2 cm³/mol. The molecule has 3 N–H and O–H groups in total. The molecule has 0 amide bonds. The molecular weight excluding hydrogens is 278 g/mol. The van der Waals surface area contributed by atoms with Gasteiger partial charge in [-0.3, -0.25) is 0 Å². The third-order valence-electron chi connectivity index (χ3n) is 2.47. The highest BCUT2D eigenvalue weighted by atomic mass is 79.9. The van der Waals surface area contributed by atoms with E-state index in [1.165, 1.54) is 5.56 Å². The molecule has 0 aromatic carbocycles. The highest BCUT2D eigenvalue weighted by molar-refractivity contribution is 9.10. The van der Waals surface area contributed by atoms with Crippen LogP contribution in [-0.2, 0) is 0 Å². The second-order valence-electron chi connectivity index (χ2n) is 5.72. The highest BCUT2D eigenvalue weighted by Crippen LogP contribution is 2.20. The first-order valence-electron chi connectivity index (χ1n) is 5.89. The van der Waals surface area contributed by atoms with Gasteiger partial charge in [0, 0.05) is 23.3 Å². The Labute approximate surface area is 112 Å². The first-order chi connectivity index (χ1) is 7.78. The standard InChI is InChI=1S/C13H22BrN3/c1-9-5-12(17-8-11(9)14)16-7-10(15)6-13(2,3)4/h5,8,10H,6-7,15H2,1-4H3,(H,16,17). The van der Waals surface area contributed by atoms with Crippen LogP contribution in [0.1, 0.15) is 32.8 Å². The van der Waals surface area contributed by atoms with Crippen LogP contribution < -0.4 is 11.1 Å². The number of hydrogen-bond donors (Lipinski definition) is 2. The van der Waals surface area contributed by atoms with Crippen LogP contribution in [-0.4, -0.2) is 17.6 Å². The van der Waals surface area contributed by atoms with Crippen molar-refractivity contribution in [2.45, 2.75) is 40.2 Å². The van der Waals surface area contributed by atoms with E-state index in [1.807, 2.05) is 19.2 Å². The molecule has 96 valence electrons. The summed E-state index contributed by atoms with van der Waals surface area (Å²) in [7, 11) is 0. The van der Waals surface area contributed by atoms with Gasteiger partial charge in [-0.25, -0.2) is 4.98 Å². The first kappa shape index (κ1) is 14.5. The van der Waals surface area contributed by atoms with Gasteiger partial charge in [-0.15, -0.1) is 0 Å². The van der Waals surface area contributed by atoms with Crippen LogP contribution >= 0.6 is 15.9 Å². The highest BCUT2D eigenvalue weighted by Gasteiger charge is 2.15. The number of pyridine rings is 1. The fourth-order valence-electron chi connectivity index (χ4n) is 1.73. The summed E-state index contributed by atoms with van der Waals surface area (Å²) < 4.78 is 1.03. The summed E-state index contributed by atoms with van der Waals surface area (Å²) in [6, 6.07) is 2.18. The molecular formula is C13H22BrN3. The molecule has 1 heterocycles. The summed E-state index contributed by atoms with van der Waals surface area (Å²) in [6.07, 6.45) is 2.81. The van der Waals surface area contributed by atoms with Crippen molar-refractivity contribution < 1.29 is 0 Å². The topological polar surface area (TPSA) is 50.9 Å². The number of nitrogens with two attached hydrogens (primary N) is 1. The van der Waals surface area contributed by atoms with Crippen LogP contribution in [0.25, 0.3) is 0 Å². The molecule has 0 saturated carbocycles. The van der Waals surface area contributed by atoms with E-state index in [0.717, 1.165) is 23.3 Å². The average Bonchev–Trinajstić information content (AvgIpc) is 2.17. The third-order valence-corrected chi connectivity index (χ3v) is 3.30. The molecule has 1 rings (SSSR count). The van der Waals surface area contributed by atoms with Gasteiger partial charge in [-0.05, 0) is 46.3 Å². The summed E-state index contributed by atoms with van der Waals surface area (Å²) >= 11 is 3.43. The number of anilines is 1. The molecule has 0 aliphatic rings. The maximum Gasteiger partial charge on any atom is 0.126 e. The number of aromatic nitrogens is 1. The first-order valence-corrected chi connectivity index (χ1v) is 6.69. The molecule has 1 aromatic heterocycles. The summed E-state index contributed by atoms with van der Waals surface area (Å²) in [6.45, 7) is 9.41. The largest absolute Gasteiger partial charge is 0.369 e. The number of nitrogens with one attached hydrogen (secondary N) is 1. The maximum atomic E-state index is 6.08. The minimum atomic E-state index is 0.153. The zero-order chi connectivity index (χ0) is 13.1. The number of rotatable bonds is 4. The van der Waals surface area contributed by atoms with E-state index in [1.54, 1.807) is 0 Å². The molecule has 17 heavy (non-hydrogen) atoms. The Morgan fingerprint density at radius 1 is 1.47 bits per heavy atom. The van der Waals surface area contributed by atoms with Gasteiger partial charge in [-0.2, -0.15) is 0 Å². The van der Waals surface area contributed by atoms with E-state index < -0.39 is 0 Å². The second-order valence-corrected chi connectivity index (χ2v) is 6.58. The van der Waals surface area contributed by atoms with E-state index in [2.05, 4.69) is 47.0 Å². The van der Waals surface area contributed by atoms with E-state index in [9.17, 15) is 0 Å². The van der Waals surface area contributed by atoms with Gasteiger partial charge in [-0.1, -0.05) is 20.8 Å². The molecule has 4 heteroatoms. The van der Waals surface area contributed by atoms with Crippen molar-refractivity contribution in [3.8, 4) is 0 Å². The van der Waals surface area contributed by atoms with Crippen molar-refractivity contribution in [2.75, 3.05) is 11.9 Å². The minimum absolute atomic E-state index is 0.153. The van der Waals surface area contributed by atoms with Crippen LogP contribution in [0, 0.1) is 12.3 Å². The van der Waals surface area contributed by atoms with Crippen molar-refractivity contribution >= 4 is 21.7 Å². The van der Waals surface area contributed by atoms with Crippen molar-refractivity contribution in [1.82, 2.24) is 4.98 Å². The van der Waals surface area contributed by atoms with Gasteiger partial charge in [0.25, 0.3) is 0 Å². The maximum absolute atomic E-state index is 6.08. The Morgan fingerprint density at radius 3 is 2.65 bits per heavy atom. The average molecular weight is 300 g/mol. The Hall–Kier alpha value is -0.610. The van der Waals surface area contributed by atoms with Gasteiger partial charge in [0.1, 0.15) is 5.82 Å². The van der Waals surface area contributed by atoms with E-state index in [0.29, 0.717) is 0 Å². The van der Waals surface area contributed by atoms with Crippen molar-refractivity contribution in [3.63, 3.8) is 0 Å². The molecule has 1 atom stereocenters. The number of aryl methyl sites for hydroxylation is 1. The van der Waals surface area contributed by atoms with Crippen LogP contribution in [0.5, 0.6) is 0 Å². The van der Waals surface area contributed by atoms with Crippen LogP contribution in [0.2, 0.25) is 0 Å². The number of halogens is 1. The van der Waals surface area contributed by atoms with Crippen molar-refractivity contribution in [1.29, 1.82) is 0 Å². The lowest BCUT2D eigenvalue weighted by Crippen LogP contribution is -2.33. The summed E-state index contributed by atoms with van der Waals surface area (Å²) in [4.78, 5) is 4.29. The molecule has 0 saturated heterocycles. The van der Waals surface area contributed by atoms with Gasteiger partial charge in [0.2, 0.25) is 0 Å². The molecule has 1 unspecified atom stereocenters. The molecule has 0 aliphatic carbocycles. The smallest absolute Gasteiger partial charge is 0.126 e. The SMILES string of the molecule is Cc1cc(NCC(N)CC(C)(C)C)ncc1Br. The third kappa shape index (κ3) is 5.50. The lowest BCUT2D eigenvalue weighted by Gasteiger charge is -2.23. The molecule has 0 fully saturated rings.